The van der Waals surface area contributed by atoms with Gasteiger partial charge in [0, 0.05) is 22.1 Å². The van der Waals surface area contributed by atoms with Gasteiger partial charge in [-0.15, -0.1) is 12.4 Å². The fraction of sp³-hybridized carbons (Fsp3) is 0.533. The number of halogens is 2. The van der Waals surface area contributed by atoms with Gasteiger partial charge >= 0.3 is 0 Å². The minimum Gasteiger partial charge on any atom is -0.350 e. The van der Waals surface area contributed by atoms with Crippen LogP contribution in [0.5, 0.6) is 0 Å². The van der Waals surface area contributed by atoms with Crippen LogP contribution in [0.25, 0.3) is 0 Å². The van der Waals surface area contributed by atoms with Gasteiger partial charge in [0.15, 0.2) is 0 Å². The summed E-state index contributed by atoms with van der Waals surface area (Å²) in [4.78, 5) is 11.7. The molecule has 5 heteroatoms. The van der Waals surface area contributed by atoms with E-state index in [1.54, 1.807) is 0 Å². The molecule has 114 valence electrons. The summed E-state index contributed by atoms with van der Waals surface area (Å²) in [5, 5.41) is 2.95. The number of rotatable bonds is 7. The molecule has 0 radical (unpaired) electrons. The molecule has 0 saturated carbocycles. The first kappa shape index (κ1) is 19.7. The van der Waals surface area contributed by atoms with E-state index in [0.29, 0.717) is 13.0 Å². The van der Waals surface area contributed by atoms with Crippen LogP contribution in [0, 0.1) is 3.57 Å². The number of amides is 1. The lowest BCUT2D eigenvalue weighted by atomic mass is 10.0. The smallest absolute Gasteiger partial charge is 0.220 e. The van der Waals surface area contributed by atoms with Crippen molar-refractivity contribution in [3.8, 4) is 0 Å². The van der Waals surface area contributed by atoms with E-state index < -0.39 is 0 Å². The van der Waals surface area contributed by atoms with Crippen molar-refractivity contribution in [1.82, 2.24) is 5.32 Å². The van der Waals surface area contributed by atoms with Crippen LogP contribution in [-0.2, 0) is 11.2 Å². The summed E-state index contributed by atoms with van der Waals surface area (Å²) in [7, 11) is 0. The van der Waals surface area contributed by atoms with E-state index in [2.05, 4.69) is 52.2 Å². The average Bonchev–Trinajstić information content (AvgIpc) is 2.36. The molecule has 0 unspecified atom stereocenters. The van der Waals surface area contributed by atoms with Gasteiger partial charge in [-0.1, -0.05) is 12.1 Å². The number of carbonyl (C=O) groups excluding carboxylic acids is 1. The van der Waals surface area contributed by atoms with Crippen LogP contribution in [0.2, 0.25) is 0 Å². The summed E-state index contributed by atoms with van der Waals surface area (Å²) in [5.41, 5.74) is 6.62. The molecule has 0 aromatic heterocycles. The molecule has 0 aliphatic rings. The first-order chi connectivity index (χ1) is 8.93. The van der Waals surface area contributed by atoms with E-state index >= 15 is 0 Å². The molecular formula is C15H24ClIN2O. The number of nitrogens with two attached hydrogens (primary N) is 1. The monoisotopic (exact) mass is 410 g/mol. The maximum absolute atomic E-state index is 11.7. The number of aryl methyl sites for hydroxylation is 1. The Kier molecular flexibility index (Phi) is 9.42. The molecule has 3 N–H and O–H groups in total. The fourth-order valence-electron chi connectivity index (χ4n) is 1.76. The molecule has 0 bridgehead atoms. The van der Waals surface area contributed by atoms with Gasteiger partial charge in [-0.2, -0.15) is 0 Å². The lowest BCUT2D eigenvalue weighted by Gasteiger charge is -2.24. The van der Waals surface area contributed by atoms with E-state index in [4.69, 9.17) is 5.73 Å². The van der Waals surface area contributed by atoms with Gasteiger partial charge in [0.05, 0.1) is 0 Å². The normalized spacial score (nSPS) is 10.8. The van der Waals surface area contributed by atoms with E-state index in [9.17, 15) is 4.79 Å². The van der Waals surface area contributed by atoms with Crippen molar-refractivity contribution in [2.24, 2.45) is 5.73 Å². The number of carbonyl (C=O) groups is 1. The number of nitrogens with one attached hydrogen (secondary N) is 1. The Bertz CT molecular complexity index is 407. The van der Waals surface area contributed by atoms with Crippen molar-refractivity contribution in [1.29, 1.82) is 0 Å². The lowest BCUT2D eigenvalue weighted by molar-refractivity contribution is -0.122. The molecule has 1 rings (SSSR count). The zero-order valence-electron chi connectivity index (χ0n) is 12.1. The average molecular weight is 411 g/mol. The van der Waals surface area contributed by atoms with Gasteiger partial charge in [-0.25, -0.2) is 0 Å². The third-order valence-corrected chi connectivity index (χ3v) is 3.74. The quantitative estimate of drug-likeness (QED) is 0.535. The Morgan fingerprint density at radius 2 is 1.85 bits per heavy atom. The van der Waals surface area contributed by atoms with Gasteiger partial charge in [0.2, 0.25) is 5.91 Å². The summed E-state index contributed by atoms with van der Waals surface area (Å²) in [6, 6.07) is 8.54. The van der Waals surface area contributed by atoms with Crippen LogP contribution in [-0.4, -0.2) is 18.0 Å². The zero-order chi connectivity index (χ0) is 14.3. The summed E-state index contributed by atoms with van der Waals surface area (Å²) in [5.74, 6) is 0.0954. The van der Waals surface area contributed by atoms with E-state index in [0.717, 1.165) is 19.3 Å². The van der Waals surface area contributed by atoms with Crippen molar-refractivity contribution < 1.29 is 4.79 Å². The molecule has 3 nitrogen and oxygen atoms in total. The highest BCUT2D eigenvalue weighted by molar-refractivity contribution is 14.1. The first-order valence-electron chi connectivity index (χ1n) is 6.68. The van der Waals surface area contributed by atoms with Crippen molar-refractivity contribution >= 4 is 40.9 Å². The maximum atomic E-state index is 11.7. The molecule has 0 saturated heterocycles. The molecule has 0 aliphatic heterocycles. The SMILES string of the molecule is CC(C)(CN)NC(=O)CCCCc1ccc(I)cc1.Cl. The van der Waals surface area contributed by atoms with Crippen LogP contribution >= 0.6 is 35.0 Å². The third kappa shape index (κ3) is 8.07. The lowest BCUT2D eigenvalue weighted by Crippen LogP contribution is -2.48. The van der Waals surface area contributed by atoms with Crippen molar-refractivity contribution in [3.05, 3.63) is 33.4 Å². The number of hydrogen-bond donors (Lipinski definition) is 2. The van der Waals surface area contributed by atoms with Crippen LogP contribution in [0.3, 0.4) is 0 Å². The Balaban J connectivity index is 0.00000361. The fourth-order valence-corrected chi connectivity index (χ4v) is 2.12. The second-order valence-electron chi connectivity index (χ2n) is 5.47. The largest absolute Gasteiger partial charge is 0.350 e. The van der Waals surface area contributed by atoms with Crippen molar-refractivity contribution in [2.75, 3.05) is 6.54 Å². The zero-order valence-corrected chi connectivity index (χ0v) is 15.1. The summed E-state index contributed by atoms with van der Waals surface area (Å²) < 4.78 is 1.25. The summed E-state index contributed by atoms with van der Waals surface area (Å²) >= 11 is 2.30. The molecule has 1 amide bonds. The third-order valence-electron chi connectivity index (χ3n) is 3.02. The molecule has 0 heterocycles. The minimum atomic E-state index is -0.298. The van der Waals surface area contributed by atoms with E-state index in [-0.39, 0.29) is 23.9 Å². The predicted molar refractivity (Wildman–Crippen MR) is 95.2 cm³/mol. The topological polar surface area (TPSA) is 55.1 Å². The Hall–Kier alpha value is -0.330. The standard InChI is InChI=1S/C15H23IN2O.ClH/c1-15(2,11-17)18-14(19)6-4-3-5-12-7-9-13(16)10-8-12;/h7-10H,3-6,11,17H2,1-2H3,(H,18,19);1H. The van der Waals surface area contributed by atoms with Gasteiger partial charge in [-0.05, 0) is 73.4 Å². The molecule has 0 atom stereocenters. The Labute approximate surface area is 141 Å². The van der Waals surface area contributed by atoms with Crippen molar-refractivity contribution in [3.63, 3.8) is 0 Å². The minimum absolute atomic E-state index is 0. The molecule has 0 fully saturated rings. The molecule has 1 aromatic rings. The molecule has 0 spiro atoms. The van der Waals surface area contributed by atoms with E-state index in [1.807, 2.05) is 13.8 Å². The summed E-state index contributed by atoms with van der Waals surface area (Å²) in [6.45, 7) is 4.34. The van der Waals surface area contributed by atoms with Crippen LogP contribution < -0.4 is 11.1 Å². The van der Waals surface area contributed by atoms with Gasteiger partial charge in [-0.3, -0.25) is 4.79 Å². The van der Waals surface area contributed by atoms with Crippen LogP contribution in [0.1, 0.15) is 38.7 Å². The Morgan fingerprint density at radius 1 is 1.25 bits per heavy atom. The van der Waals surface area contributed by atoms with E-state index in [1.165, 1.54) is 9.13 Å². The number of unbranched alkanes of at least 4 members (excludes halogenated alkanes) is 1. The predicted octanol–water partition coefficient (Wildman–Crippen LogP) is 3.28. The number of benzene rings is 1. The first-order valence-corrected chi connectivity index (χ1v) is 7.76. The molecule has 0 aliphatic carbocycles. The molecule has 1 aromatic carbocycles. The summed E-state index contributed by atoms with van der Waals surface area (Å²) in [6.07, 6.45) is 3.56. The van der Waals surface area contributed by atoms with Crippen molar-refractivity contribution in [2.45, 2.75) is 45.1 Å². The highest BCUT2D eigenvalue weighted by Crippen LogP contribution is 2.10. The van der Waals surface area contributed by atoms with Crippen LogP contribution in [0.15, 0.2) is 24.3 Å². The molecular weight excluding hydrogens is 387 g/mol. The van der Waals surface area contributed by atoms with Gasteiger partial charge in [0.25, 0.3) is 0 Å². The van der Waals surface area contributed by atoms with Gasteiger partial charge < -0.3 is 11.1 Å². The molecule has 20 heavy (non-hydrogen) atoms. The number of hydrogen-bond acceptors (Lipinski definition) is 2. The van der Waals surface area contributed by atoms with Crippen LogP contribution in [0.4, 0.5) is 0 Å². The maximum Gasteiger partial charge on any atom is 0.220 e. The highest BCUT2D eigenvalue weighted by Gasteiger charge is 2.17. The second kappa shape index (κ2) is 9.58. The second-order valence-corrected chi connectivity index (χ2v) is 6.72. The van der Waals surface area contributed by atoms with Gasteiger partial charge in [0.1, 0.15) is 0 Å². The Morgan fingerprint density at radius 3 is 2.40 bits per heavy atom. The highest BCUT2D eigenvalue weighted by atomic mass is 127.